The summed E-state index contributed by atoms with van der Waals surface area (Å²) in [6.45, 7) is 1.44. The minimum Gasteiger partial charge on any atom is -0.485 e. The highest BCUT2D eigenvalue weighted by atomic mass is 35.5. The van der Waals surface area contributed by atoms with Gasteiger partial charge in [-0.05, 0) is 31.2 Å². The molecule has 1 amide bonds. The van der Waals surface area contributed by atoms with Gasteiger partial charge in [0.15, 0.2) is 17.6 Å². The van der Waals surface area contributed by atoms with E-state index >= 15 is 0 Å². The van der Waals surface area contributed by atoms with Gasteiger partial charge in [-0.3, -0.25) is 4.79 Å². The summed E-state index contributed by atoms with van der Waals surface area (Å²) in [6.07, 6.45) is -2.03. The molecule has 1 N–H and O–H groups in total. The predicted molar refractivity (Wildman–Crippen MR) is 97.0 cm³/mol. The molecule has 0 bridgehead atoms. The summed E-state index contributed by atoms with van der Waals surface area (Å²) < 4.78 is 16.2. The van der Waals surface area contributed by atoms with Crippen molar-refractivity contribution >= 4 is 40.8 Å². The molecule has 1 aliphatic heterocycles. The summed E-state index contributed by atoms with van der Waals surface area (Å²) in [5.41, 5.74) is 0.259. The lowest BCUT2D eigenvalue weighted by Gasteiger charge is -2.26. The molecule has 0 saturated heterocycles. The molecule has 136 valence electrons. The predicted octanol–water partition coefficient (Wildman–Crippen LogP) is 3.70. The van der Waals surface area contributed by atoms with Crippen LogP contribution in [0, 0.1) is 0 Å². The molecule has 2 aromatic rings. The number of carbonyl (C=O) groups is 2. The molecule has 3 rings (SSSR count). The molecule has 0 fully saturated rings. The minimum absolute atomic E-state index is 0.000523. The van der Waals surface area contributed by atoms with E-state index in [1.807, 2.05) is 0 Å². The van der Waals surface area contributed by atoms with E-state index in [0.29, 0.717) is 11.5 Å². The summed E-state index contributed by atoms with van der Waals surface area (Å²) >= 11 is 12.0. The Labute approximate surface area is 159 Å². The topological polar surface area (TPSA) is 73.9 Å². The Morgan fingerprint density at radius 2 is 1.77 bits per heavy atom. The molecule has 0 radical (unpaired) electrons. The van der Waals surface area contributed by atoms with Gasteiger partial charge in [-0.25, -0.2) is 4.79 Å². The number of ether oxygens (including phenoxy) is 3. The number of benzene rings is 2. The van der Waals surface area contributed by atoms with Crippen LogP contribution in [0.3, 0.4) is 0 Å². The molecule has 0 aromatic heterocycles. The molecule has 6 nitrogen and oxygen atoms in total. The fourth-order valence-electron chi connectivity index (χ4n) is 2.28. The molecule has 26 heavy (non-hydrogen) atoms. The first-order chi connectivity index (χ1) is 12.5. The van der Waals surface area contributed by atoms with Crippen LogP contribution in [0.25, 0.3) is 0 Å². The van der Waals surface area contributed by atoms with Crippen molar-refractivity contribution in [2.75, 3.05) is 11.9 Å². The number of anilines is 1. The van der Waals surface area contributed by atoms with Crippen molar-refractivity contribution in [1.82, 2.24) is 0 Å². The fraction of sp³-hybridized carbons (Fsp3) is 0.222. The standard InChI is InChI=1S/C18H15Cl2NO5/c1-10(17(22)21-16-11(19)5-4-6-12(16)20)25-18(23)15-9-24-13-7-2-3-8-14(13)26-15/h2-8,10,15H,9H2,1H3,(H,21,22)/t10-,15+/m1/s1. The Kier molecular flexibility index (Phi) is 5.54. The van der Waals surface area contributed by atoms with Gasteiger partial charge in [-0.15, -0.1) is 0 Å². The van der Waals surface area contributed by atoms with Crippen molar-refractivity contribution in [2.24, 2.45) is 0 Å². The van der Waals surface area contributed by atoms with Crippen LogP contribution in [0.4, 0.5) is 5.69 Å². The van der Waals surface area contributed by atoms with Gasteiger partial charge in [0, 0.05) is 0 Å². The third-order valence-electron chi connectivity index (χ3n) is 3.64. The molecular weight excluding hydrogens is 381 g/mol. The quantitative estimate of drug-likeness (QED) is 0.798. The number of hydrogen-bond acceptors (Lipinski definition) is 5. The zero-order valence-electron chi connectivity index (χ0n) is 13.7. The molecule has 2 aromatic carbocycles. The van der Waals surface area contributed by atoms with E-state index in [4.69, 9.17) is 37.4 Å². The number of carbonyl (C=O) groups excluding carboxylic acids is 2. The number of para-hydroxylation sites is 3. The SMILES string of the molecule is C[C@@H](OC(=O)[C@@H]1COc2ccccc2O1)C(=O)Nc1c(Cl)cccc1Cl. The van der Waals surface area contributed by atoms with Crippen LogP contribution < -0.4 is 14.8 Å². The molecule has 2 atom stereocenters. The van der Waals surface area contributed by atoms with E-state index < -0.39 is 24.1 Å². The van der Waals surface area contributed by atoms with E-state index in [0.717, 1.165) is 0 Å². The molecule has 8 heteroatoms. The van der Waals surface area contributed by atoms with Crippen molar-refractivity contribution < 1.29 is 23.8 Å². The van der Waals surface area contributed by atoms with E-state index in [1.165, 1.54) is 6.92 Å². The second-order valence-corrected chi connectivity index (χ2v) is 6.34. The van der Waals surface area contributed by atoms with E-state index in [2.05, 4.69) is 5.32 Å². The van der Waals surface area contributed by atoms with Gasteiger partial charge in [-0.2, -0.15) is 0 Å². The number of fused-ring (bicyclic) bond motifs is 1. The van der Waals surface area contributed by atoms with Gasteiger partial charge in [-0.1, -0.05) is 41.4 Å². The van der Waals surface area contributed by atoms with Gasteiger partial charge in [0.25, 0.3) is 5.91 Å². The monoisotopic (exact) mass is 395 g/mol. The Morgan fingerprint density at radius 1 is 1.12 bits per heavy atom. The zero-order valence-corrected chi connectivity index (χ0v) is 15.2. The molecular formula is C18H15Cl2NO5. The Hall–Kier alpha value is -2.44. The largest absolute Gasteiger partial charge is 0.485 e. The summed E-state index contributed by atoms with van der Waals surface area (Å²) in [5.74, 6) is -0.269. The van der Waals surface area contributed by atoms with E-state index in [1.54, 1.807) is 42.5 Å². The molecule has 1 aliphatic rings. The lowest BCUT2D eigenvalue weighted by Crippen LogP contribution is -2.41. The van der Waals surface area contributed by atoms with E-state index in [9.17, 15) is 9.59 Å². The van der Waals surface area contributed by atoms with Crippen LogP contribution in [-0.4, -0.2) is 30.7 Å². The zero-order chi connectivity index (χ0) is 18.7. The lowest BCUT2D eigenvalue weighted by molar-refractivity contribution is -0.162. The number of halogens is 2. The number of hydrogen-bond donors (Lipinski definition) is 1. The fourth-order valence-corrected chi connectivity index (χ4v) is 2.77. The van der Waals surface area contributed by atoms with Crippen molar-refractivity contribution in [2.45, 2.75) is 19.1 Å². The van der Waals surface area contributed by atoms with Crippen molar-refractivity contribution in [3.05, 3.63) is 52.5 Å². The van der Waals surface area contributed by atoms with E-state index in [-0.39, 0.29) is 22.3 Å². The van der Waals surface area contributed by atoms with Crippen LogP contribution in [0.15, 0.2) is 42.5 Å². The average molecular weight is 396 g/mol. The Bertz CT molecular complexity index is 822. The van der Waals surface area contributed by atoms with Crippen molar-refractivity contribution in [3.63, 3.8) is 0 Å². The highest BCUT2D eigenvalue weighted by Crippen LogP contribution is 2.32. The smallest absolute Gasteiger partial charge is 0.351 e. The maximum atomic E-state index is 12.3. The van der Waals surface area contributed by atoms with Gasteiger partial charge < -0.3 is 19.5 Å². The maximum Gasteiger partial charge on any atom is 0.351 e. The van der Waals surface area contributed by atoms with Crippen molar-refractivity contribution in [1.29, 1.82) is 0 Å². The number of rotatable bonds is 4. The summed E-state index contributed by atoms with van der Waals surface area (Å²) in [5, 5.41) is 3.11. The van der Waals surface area contributed by atoms with Gasteiger partial charge in [0.2, 0.25) is 6.10 Å². The second kappa shape index (κ2) is 7.85. The highest BCUT2D eigenvalue weighted by molar-refractivity contribution is 6.39. The second-order valence-electron chi connectivity index (χ2n) is 5.53. The Balaban J connectivity index is 1.60. The number of esters is 1. The van der Waals surface area contributed by atoms with Crippen molar-refractivity contribution in [3.8, 4) is 11.5 Å². The van der Waals surface area contributed by atoms with Crippen LogP contribution >= 0.6 is 23.2 Å². The van der Waals surface area contributed by atoms with Crippen LogP contribution in [0.1, 0.15) is 6.92 Å². The molecule has 0 aliphatic carbocycles. The summed E-state index contributed by atoms with van der Waals surface area (Å²) in [4.78, 5) is 24.5. The highest BCUT2D eigenvalue weighted by Gasteiger charge is 2.31. The third-order valence-corrected chi connectivity index (χ3v) is 4.27. The van der Waals surface area contributed by atoms with Crippen LogP contribution in [0.5, 0.6) is 11.5 Å². The third kappa shape index (κ3) is 4.03. The normalized spacial score (nSPS) is 16.5. The van der Waals surface area contributed by atoms with Crippen LogP contribution in [0.2, 0.25) is 10.0 Å². The molecule has 0 saturated carbocycles. The minimum atomic E-state index is -1.07. The summed E-state index contributed by atoms with van der Waals surface area (Å²) in [6, 6.07) is 11.8. The first-order valence-corrected chi connectivity index (χ1v) is 8.55. The average Bonchev–Trinajstić information content (AvgIpc) is 2.64. The van der Waals surface area contributed by atoms with Gasteiger partial charge in [0.1, 0.15) is 6.61 Å². The number of nitrogens with one attached hydrogen (secondary N) is 1. The summed E-state index contributed by atoms with van der Waals surface area (Å²) in [7, 11) is 0. The molecule has 1 heterocycles. The first kappa shape index (κ1) is 18.4. The maximum absolute atomic E-state index is 12.3. The molecule has 0 unspecified atom stereocenters. The number of amides is 1. The molecule has 0 spiro atoms. The Morgan fingerprint density at radius 3 is 2.46 bits per heavy atom. The lowest BCUT2D eigenvalue weighted by atomic mass is 10.2. The first-order valence-electron chi connectivity index (χ1n) is 7.79. The van der Waals surface area contributed by atoms with Gasteiger partial charge in [0.05, 0.1) is 15.7 Å². The van der Waals surface area contributed by atoms with Crippen LogP contribution in [-0.2, 0) is 14.3 Å². The van der Waals surface area contributed by atoms with Gasteiger partial charge >= 0.3 is 5.97 Å².